The summed E-state index contributed by atoms with van der Waals surface area (Å²) in [6, 6.07) is 3.81. The van der Waals surface area contributed by atoms with E-state index in [0.29, 0.717) is 11.5 Å². The molecule has 27 heavy (non-hydrogen) atoms. The van der Waals surface area contributed by atoms with Gasteiger partial charge in [-0.2, -0.15) is 0 Å². The maximum atomic E-state index is 13.4. The summed E-state index contributed by atoms with van der Waals surface area (Å²) in [5.41, 5.74) is 0.688. The van der Waals surface area contributed by atoms with E-state index in [1.165, 1.54) is 57.8 Å². The number of halogens is 3. The molecule has 2 N–H and O–H groups in total. The highest BCUT2D eigenvalue weighted by Gasteiger charge is 2.11. The van der Waals surface area contributed by atoms with Crippen LogP contribution >= 0.6 is 24.0 Å². The van der Waals surface area contributed by atoms with Gasteiger partial charge in [0.2, 0.25) is 0 Å². The average molecular weight is 494 g/mol. The number of guanidine groups is 1. The Kier molecular flexibility index (Phi) is 11.8. The number of rotatable bonds is 8. The van der Waals surface area contributed by atoms with Crippen molar-refractivity contribution >= 4 is 29.9 Å². The van der Waals surface area contributed by atoms with Crippen LogP contribution in [0.4, 0.5) is 8.78 Å². The molecule has 0 aliphatic carbocycles. The lowest BCUT2D eigenvalue weighted by Gasteiger charge is -2.26. The van der Waals surface area contributed by atoms with Crippen LogP contribution in [0.2, 0.25) is 0 Å². The minimum absolute atomic E-state index is 0. The van der Waals surface area contributed by atoms with E-state index in [1.54, 1.807) is 13.1 Å². The average Bonchev–Trinajstić information content (AvgIpc) is 2.66. The van der Waals surface area contributed by atoms with E-state index in [4.69, 9.17) is 0 Å². The molecule has 1 aliphatic heterocycles. The number of nitrogens with one attached hydrogen (secondary N) is 2. The first kappa shape index (κ1) is 24.1. The van der Waals surface area contributed by atoms with E-state index >= 15 is 0 Å². The SMILES string of the molecule is CN=C(NCCCCCN1CCCCC1)NC(C)c1ccc(F)c(F)c1.I. The topological polar surface area (TPSA) is 39.7 Å². The monoisotopic (exact) mass is 494 g/mol. The fraction of sp³-hybridized carbons (Fsp3) is 0.650. The first-order valence-corrected chi connectivity index (χ1v) is 9.74. The summed E-state index contributed by atoms with van der Waals surface area (Å²) in [6.07, 6.45) is 7.60. The number of hydrogen-bond donors (Lipinski definition) is 2. The Morgan fingerprint density at radius 2 is 1.85 bits per heavy atom. The predicted molar refractivity (Wildman–Crippen MR) is 119 cm³/mol. The van der Waals surface area contributed by atoms with Gasteiger partial charge in [0, 0.05) is 13.6 Å². The normalized spacial score (nSPS) is 16.5. The van der Waals surface area contributed by atoms with Gasteiger partial charge in [0.25, 0.3) is 0 Å². The molecule has 0 saturated carbocycles. The van der Waals surface area contributed by atoms with Crippen LogP contribution < -0.4 is 10.6 Å². The number of nitrogens with zero attached hydrogens (tertiary/aromatic N) is 2. The van der Waals surface area contributed by atoms with Crippen molar-refractivity contribution in [2.75, 3.05) is 33.2 Å². The van der Waals surface area contributed by atoms with Gasteiger partial charge in [0.1, 0.15) is 0 Å². The molecule has 4 nitrogen and oxygen atoms in total. The van der Waals surface area contributed by atoms with Crippen molar-refractivity contribution in [2.45, 2.75) is 51.5 Å². The fourth-order valence-electron chi connectivity index (χ4n) is 3.29. The molecule has 1 aliphatic rings. The Hall–Kier alpha value is -0.960. The summed E-state index contributed by atoms with van der Waals surface area (Å²) in [4.78, 5) is 6.77. The van der Waals surface area contributed by atoms with E-state index in [2.05, 4.69) is 20.5 Å². The summed E-state index contributed by atoms with van der Waals surface area (Å²) >= 11 is 0. The smallest absolute Gasteiger partial charge is 0.191 e. The third kappa shape index (κ3) is 8.72. The second kappa shape index (κ2) is 13.3. The lowest BCUT2D eigenvalue weighted by molar-refractivity contribution is 0.224. The van der Waals surface area contributed by atoms with Crippen molar-refractivity contribution in [1.82, 2.24) is 15.5 Å². The lowest BCUT2D eigenvalue weighted by Crippen LogP contribution is -2.39. The van der Waals surface area contributed by atoms with Gasteiger partial charge in [-0.3, -0.25) is 4.99 Å². The van der Waals surface area contributed by atoms with Crippen LogP contribution in [-0.2, 0) is 0 Å². The molecule has 1 unspecified atom stereocenters. The van der Waals surface area contributed by atoms with Gasteiger partial charge in [0.05, 0.1) is 6.04 Å². The van der Waals surface area contributed by atoms with Crippen LogP contribution in [0.1, 0.15) is 57.1 Å². The molecule has 1 atom stereocenters. The predicted octanol–water partition coefficient (Wildman–Crippen LogP) is 4.47. The number of aliphatic imine (C=N–C) groups is 1. The van der Waals surface area contributed by atoms with E-state index in [9.17, 15) is 8.78 Å². The molecule has 0 aromatic heterocycles. The van der Waals surface area contributed by atoms with Gasteiger partial charge >= 0.3 is 0 Å². The van der Waals surface area contributed by atoms with Gasteiger partial charge in [-0.05, 0) is 69.9 Å². The number of unbranched alkanes of at least 4 members (excludes halogenated alkanes) is 2. The quantitative estimate of drug-likeness (QED) is 0.243. The van der Waals surface area contributed by atoms with Crippen LogP contribution in [0, 0.1) is 11.6 Å². The van der Waals surface area contributed by atoms with Gasteiger partial charge in [-0.15, -0.1) is 24.0 Å². The maximum absolute atomic E-state index is 13.4. The molecule has 1 fully saturated rings. The largest absolute Gasteiger partial charge is 0.356 e. The molecule has 7 heteroatoms. The standard InChI is InChI=1S/C20H32F2N4.HI/c1-16(17-9-10-18(21)19(22)15-17)25-20(23-2)24-11-5-3-6-12-26-13-7-4-8-14-26;/h9-10,15-16H,3-8,11-14H2,1-2H3,(H2,23,24,25);1H. The molecule has 0 radical (unpaired) electrons. The molecule has 0 bridgehead atoms. The Morgan fingerprint density at radius 3 is 2.52 bits per heavy atom. The van der Waals surface area contributed by atoms with Crippen LogP contribution in [0.5, 0.6) is 0 Å². The zero-order chi connectivity index (χ0) is 18.8. The Bertz CT molecular complexity index is 577. The first-order valence-electron chi connectivity index (χ1n) is 9.74. The third-order valence-electron chi connectivity index (χ3n) is 4.91. The van der Waals surface area contributed by atoms with E-state index in [1.807, 2.05) is 6.92 Å². The van der Waals surface area contributed by atoms with Crippen molar-refractivity contribution in [2.24, 2.45) is 4.99 Å². The number of piperidine rings is 1. The van der Waals surface area contributed by atoms with E-state index in [-0.39, 0.29) is 30.0 Å². The Labute approximate surface area is 179 Å². The summed E-state index contributed by atoms with van der Waals surface area (Å²) in [5.74, 6) is -0.973. The lowest BCUT2D eigenvalue weighted by atomic mass is 10.1. The van der Waals surface area contributed by atoms with Gasteiger partial charge < -0.3 is 15.5 Å². The van der Waals surface area contributed by atoms with E-state index < -0.39 is 11.6 Å². The zero-order valence-electron chi connectivity index (χ0n) is 16.4. The van der Waals surface area contributed by atoms with Crippen molar-refractivity contribution in [1.29, 1.82) is 0 Å². The minimum atomic E-state index is -0.826. The molecule has 0 amide bonds. The molecule has 1 aromatic rings. The third-order valence-corrected chi connectivity index (χ3v) is 4.91. The highest BCUT2D eigenvalue weighted by atomic mass is 127. The minimum Gasteiger partial charge on any atom is -0.356 e. The first-order chi connectivity index (χ1) is 12.6. The summed E-state index contributed by atoms with van der Waals surface area (Å²) < 4.78 is 26.4. The molecule has 2 rings (SSSR count). The van der Waals surface area contributed by atoms with Crippen LogP contribution in [0.3, 0.4) is 0 Å². The van der Waals surface area contributed by atoms with Gasteiger partial charge in [0.15, 0.2) is 17.6 Å². The van der Waals surface area contributed by atoms with Crippen molar-refractivity contribution in [3.63, 3.8) is 0 Å². The molecule has 1 heterocycles. The zero-order valence-corrected chi connectivity index (χ0v) is 18.8. The van der Waals surface area contributed by atoms with E-state index in [0.717, 1.165) is 19.0 Å². The summed E-state index contributed by atoms with van der Waals surface area (Å²) in [5, 5.41) is 6.51. The molecular formula is C20H33F2IN4. The highest BCUT2D eigenvalue weighted by Crippen LogP contribution is 2.15. The number of hydrogen-bond acceptors (Lipinski definition) is 2. The second-order valence-corrected chi connectivity index (χ2v) is 7.00. The molecule has 0 spiro atoms. The maximum Gasteiger partial charge on any atom is 0.191 e. The van der Waals surface area contributed by atoms with Gasteiger partial charge in [-0.1, -0.05) is 18.9 Å². The fourth-order valence-corrected chi connectivity index (χ4v) is 3.29. The Morgan fingerprint density at radius 1 is 1.11 bits per heavy atom. The summed E-state index contributed by atoms with van der Waals surface area (Å²) in [7, 11) is 1.71. The summed E-state index contributed by atoms with van der Waals surface area (Å²) in [6.45, 7) is 6.48. The number of benzene rings is 1. The highest BCUT2D eigenvalue weighted by molar-refractivity contribution is 14.0. The number of likely N-dealkylation sites (tertiary alicyclic amines) is 1. The Balaban J connectivity index is 0.00000364. The van der Waals surface area contributed by atoms with Crippen molar-refractivity contribution in [3.8, 4) is 0 Å². The van der Waals surface area contributed by atoms with Crippen molar-refractivity contribution < 1.29 is 8.78 Å². The second-order valence-electron chi connectivity index (χ2n) is 7.00. The van der Waals surface area contributed by atoms with Crippen molar-refractivity contribution in [3.05, 3.63) is 35.4 Å². The molecule has 154 valence electrons. The van der Waals surface area contributed by atoms with Crippen LogP contribution in [0.25, 0.3) is 0 Å². The van der Waals surface area contributed by atoms with Crippen LogP contribution in [0.15, 0.2) is 23.2 Å². The van der Waals surface area contributed by atoms with Crippen LogP contribution in [-0.4, -0.2) is 44.1 Å². The molecular weight excluding hydrogens is 461 g/mol. The van der Waals surface area contributed by atoms with Gasteiger partial charge in [-0.25, -0.2) is 8.78 Å². The molecule has 1 saturated heterocycles. The molecule has 1 aromatic carbocycles.